The summed E-state index contributed by atoms with van der Waals surface area (Å²) in [6.45, 7) is 4.13. The van der Waals surface area contributed by atoms with Crippen LogP contribution in [0, 0.1) is 0 Å². The first-order chi connectivity index (χ1) is 19.5. The molecule has 0 unspecified atom stereocenters. The lowest BCUT2D eigenvalue weighted by atomic mass is 9.98. The van der Waals surface area contributed by atoms with Crippen LogP contribution in [0.4, 0.5) is 0 Å². The summed E-state index contributed by atoms with van der Waals surface area (Å²) < 4.78 is 38.8. The second-order valence-electron chi connectivity index (χ2n) is 9.04. The van der Waals surface area contributed by atoms with E-state index < -0.39 is 61.2 Å². The predicted octanol–water partition coefficient (Wildman–Crippen LogP) is 2.32. The molecule has 1 aromatic carbocycles. The fraction of sp³-hybridized carbons (Fsp3) is 0.357. The van der Waals surface area contributed by atoms with E-state index >= 15 is 0 Å². The van der Waals surface area contributed by atoms with Gasteiger partial charge in [0.25, 0.3) is 0 Å². The van der Waals surface area contributed by atoms with Crippen LogP contribution >= 0.6 is 0 Å². The number of aromatic nitrogens is 1. The largest absolute Gasteiger partial charge is 0.463 e. The molecule has 0 spiro atoms. The summed E-state index contributed by atoms with van der Waals surface area (Å²) in [5, 5.41) is 0.252. The van der Waals surface area contributed by atoms with Gasteiger partial charge in [-0.3, -0.25) is 29.0 Å². The Morgan fingerprint density at radius 3 is 2.17 bits per heavy atom. The van der Waals surface area contributed by atoms with E-state index in [9.17, 15) is 24.0 Å². The van der Waals surface area contributed by atoms with Crippen molar-refractivity contribution in [3.63, 3.8) is 0 Å². The fourth-order valence-corrected chi connectivity index (χ4v) is 4.30. The minimum Gasteiger partial charge on any atom is -0.463 e. The molecule has 0 bridgehead atoms. The van der Waals surface area contributed by atoms with Gasteiger partial charge in [-0.15, -0.1) is 0 Å². The highest BCUT2D eigenvalue weighted by Crippen LogP contribution is 2.32. The molecule has 0 N–H and O–H groups in total. The Hall–Kier alpha value is -4.78. The standard InChI is InChI=1S/C28H27NO12/c1-14(30)35-13-23-25(37-15(2)31)26(38-16(3)32)27(39-17(4)33)28(41-23)40-18-8-9-19-22(11-18)36-12-20(24(19)34)21-7-5-6-10-29-21/h5-12,23,25-28H,13H2,1-4H3/t23-,25-,26+,27-,28-/m0/s1. The van der Waals surface area contributed by atoms with Crippen LogP contribution in [0.15, 0.2) is 58.1 Å². The molecule has 4 rings (SSSR count). The van der Waals surface area contributed by atoms with E-state index in [0.29, 0.717) is 5.69 Å². The van der Waals surface area contributed by atoms with Gasteiger partial charge in [-0.05, 0) is 24.3 Å². The average Bonchev–Trinajstić information content (AvgIpc) is 2.91. The van der Waals surface area contributed by atoms with Gasteiger partial charge in [-0.2, -0.15) is 0 Å². The number of pyridine rings is 1. The molecule has 0 amide bonds. The second kappa shape index (κ2) is 12.6. The minimum absolute atomic E-state index is 0.132. The van der Waals surface area contributed by atoms with E-state index in [2.05, 4.69) is 4.98 Å². The van der Waals surface area contributed by atoms with Gasteiger partial charge in [-0.25, -0.2) is 0 Å². The summed E-state index contributed by atoms with van der Waals surface area (Å²) in [5.41, 5.74) is 0.578. The number of carbonyl (C=O) groups is 4. The number of hydrogen-bond acceptors (Lipinski definition) is 13. The van der Waals surface area contributed by atoms with Crippen molar-refractivity contribution >= 4 is 34.8 Å². The summed E-state index contributed by atoms with van der Waals surface area (Å²) in [7, 11) is 0. The number of benzene rings is 1. The van der Waals surface area contributed by atoms with Gasteiger partial charge in [0, 0.05) is 40.0 Å². The summed E-state index contributed by atoms with van der Waals surface area (Å²) in [6, 6.07) is 9.52. The molecule has 3 heterocycles. The maximum atomic E-state index is 13.1. The van der Waals surface area contributed by atoms with E-state index in [0.717, 1.165) is 20.8 Å². The molecule has 5 atom stereocenters. The number of hydrogen-bond donors (Lipinski definition) is 0. The first kappa shape index (κ1) is 29.2. The van der Waals surface area contributed by atoms with Gasteiger partial charge in [0.1, 0.15) is 30.3 Å². The number of nitrogens with zero attached hydrogens (tertiary/aromatic N) is 1. The Kier molecular flexibility index (Phi) is 8.97. The minimum atomic E-state index is -1.44. The molecule has 216 valence electrons. The highest BCUT2D eigenvalue weighted by atomic mass is 16.7. The maximum Gasteiger partial charge on any atom is 0.303 e. The highest BCUT2D eigenvalue weighted by Gasteiger charge is 2.53. The molecule has 1 fully saturated rings. The van der Waals surface area contributed by atoms with E-state index in [4.69, 9.17) is 32.8 Å². The summed E-state index contributed by atoms with van der Waals surface area (Å²) >= 11 is 0. The molecule has 0 radical (unpaired) electrons. The number of fused-ring (bicyclic) bond motifs is 1. The third-order valence-corrected chi connectivity index (χ3v) is 5.89. The number of ether oxygens (including phenoxy) is 6. The Morgan fingerprint density at radius 1 is 0.854 bits per heavy atom. The second-order valence-corrected chi connectivity index (χ2v) is 9.04. The maximum absolute atomic E-state index is 13.1. The number of esters is 4. The summed E-state index contributed by atoms with van der Waals surface area (Å²) in [4.78, 5) is 64.7. The Labute approximate surface area is 233 Å². The van der Waals surface area contributed by atoms with Crippen molar-refractivity contribution in [1.82, 2.24) is 4.98 Å². The van der Waals surface area contributed by atoms with E-state index in [1.807, 2.05) is 0 Å². The molecule has 13 nitrogen and oxygen atoms in total. The Balaban J connectivity index is 1.70. The van der Waals surface area contributed by atoms with Crippen LogP contribution in [-0.2, 0) is 42.9 Å². The number of rotatable bonds is 8. The molecule has 3 aromatic rings. The molecule has 1 saturated heterocycles. The van der Waals surface area contributed by atoms with Gasteiger partial charge in [0.05, 0.1) is 16.6 Å². The molecule has 1 aliphatic heterocycles. The molecule has 0 aliphatic carbocycles. The van der Waals surface area contributed by atoms with Crippen molar-refractivity contribution in [3.8, 4) is 17.0 Å². The fourth-order valence-electron chi connectivity index (χ4n) is 4.30. The van der Waals surface area contributed by atoms with Crippen LogP contribution in [0.3, 0.4) is 0 Å². The predicted molar refractivity (Wildman–Crippen MR) is 138 cm³/mol. The van der Waals surface area contributed by atoms with Crippen molar-refractivity contribution in [2.45, 2.75) is 58.4 Å². The Morgan fingerprint density at radius 2 is 1.54 bits per heavy atom. The molecular weight excluding hydrogens is 542 g/mol. The van der Waals surface area contributed by atoms with E-state index in [-0.39, 0.29) is 27.7 Å². The lowest BCUT2D eigenvalue weighted by molar-refractivity contribution is -0.288. The van der Waals surface area contributed by atoms with Crippen molar-refractivity contribution in [2.75, 3.05) is 6.61 Å². The quantitative estimate of drug-likeness (QED) is 0.287. The first-order valence-corrected chi connectivity index (χ1v) is 12.5. The summed E-state index contributed by atoms with van der Waals surface area (Å²) in [5.74, 6) is -2.80. The van der Waals surface area contributed by atoms with Crippen molar-refractivity contribution < 1.29 is 52.0 Å². The van der Waals surface area contributed by atoms with Gasteiger partial charge in [0.2, 0.25) is 17.8 Å². The highest BCUT2D eigenvalue weighted by molar-refractivity contribution is 5.82. The normalized spacial score (nSPS) is 21.9. The molecular formula is C28H27NO12. The molecule has 0 saturated carbocycles. The first-order valence-electron chi connectivity index (χ1n) is 12.5. The van der Waals surface area contributed by atoms with Crippen LogP contribution in [0.5, 0.6) is 5.75 Å². The Bertz CT molecular complexity index is 1500. The molecule has 41 heavy (non-hydrogen) atoms. The van der Waals surface area contributed by atoms with Crippen molar-refractivity contribution in [1.29, 1.82) is 0 Å². The molecule has 2 aromatic heterocycles. The van der Waals surface area contributed by atoms with Gasteiger partial charge < -0.3 is 32.8 Å². The van der Waals surface area contributed by atoms with Gasteiger partial charge >= 0.3 is 23.9 Å². The van der Waals surface area contributed by atoms with Crippen LogP contribution in [0.1, 0.15) is 27.7 Å². The van der Waals surface area contributed by atoms with E-state index in [1.165, 1.54) is 31.4 Å². The number of carbonyl (C=O) groups excluding carboxylic acids is 4. The third-order valence-electron chi connectivity index (χ3n) is 5.89. The van der Waals surface area contributed by atoms with Gasteiger partial charge in [0.15, 0.2) is 12.2 Å². The molecule has 1 aliphatic rings. The van der Waals surface area contributed by atoms with Gasteiger partial charge in [-0.1, -0.05) is 6.07 Å². The zero-order valence-electron chi connectivity index (χ0n) is 22.6. The zero-order chi connectivity index (χ0) is 29.7. The van der Waals surface area contributed by atoms with Crippen LogP contribution in [0.2, 0.25) is 0 Å². The smallest absolute Gasteiger partial charge is 0.303 e. The lowest BCUT2D eigenvalue weighted by Gasteiger charge is -2.43. The van der Waals surface area contributed by atoms with Crippen LogP contribution < -0.4 is 10.2 Å². The lowest BCUT2D eigenvalue weighted by Crippen LogP contribution is -2.63. The average molecular weight is 570 g/mol. The molecule has 13 heteroatoms. The van der Waals surface area contributed by atoms with Crippen molar-refractivity contribution in [3.05, 3.63) is 59.1 Å². The van der Waals surface area contributed by atoms with Crippen LogP contribution in [-0.4, -0.2) is 66.2 Å². The SMILES string of the molecule is CC(=O)OC[C@@H]1O[C@H](Oc2ccc3c(=O)c(-c4ccccn4)coc3c2)[C@@H](OC(C)=O)[C@H](OC(C)=O)[C@H]1OC(C)=O. The van der Waals surface area contributed by atoms with Crippen molar-refractivity contribution in [2.24, 2.45) is 0 Å². The zero-order valence-corrected chi connectivity index (χ0v) is 22.6. The van der Waals surface area contributed by atoms with Crippen LogP contribution in [0.25, 0.3) is 22.2 Å². The topological polar surface area (TPSA) is 167 Å². The van der Waals surface area contributed by atoms with E-state index in [1.54, 1.807) is 24.4 Å². The monoisotopic (exact) mass is 569 g/mol. The third kappa shape index (κ3) is 7.06. The summed E-state index contributed by atoms with van der Waals surface area (Å²) in [6.07, 6.45) is -3.90.